The Labute approximate surface area is 107 Å². The van der Waals surface area contributed by atoms with Gasteiger partial charge in [-0.05, 0) is 18.8 Å². The molecule has 104 valence electrons. The lowest BCUT2D eigenvalue weighted by Crippen LogP contribution is -2.48. The highest BCUT2D eigenvalue weighted by Gasteiger charge is 2.37. The summed E-state index contributed by atoms with van der Waals surface area (Å²) in [5, 5.41) is -0.961. The lowest BCUT2D eigenvalue weighted by Gasteiger charge is -2.35. The molecule has 9 heteroatoms. The van der Waals surface area contributed by atoms with Crippen molar-refractivity contribution in [2.45, 2.75) is 25.9 Å². The number of piperidine rings is 1. The summed E-state index contributed by atoms with van der Waals surface area (Å²) in [5.41, 5.74) is 0. The van der Waals surface area contributed by atoms with Crippen LogP contribution in [0.1, 0.15) is 19.8 Å². The summed E-state index contributed by atoms with van der Waals surface area (Å²) in [6.07, 6.45) is 2.72. The first-order chi connectivity index (χ1) is 8.17. The molecule has 1 fully saturated rings. The topological polar surface area (TPSA) is 101 Å². The molecular formula is C9H16N2O5S2. The molecule has 0 amide bonds. The third-order valence-corrected chi connectivity index (χ3v) is 6.76. The molecule has 18 heavy (non-hydrogen) atoms. The summed E-state index contributed by atoms with van der Waals surface area (Å²) in [7, 11) is -7.63. The Morgan fingerprint density at radius 2 is 1.94 bits per heavy atom. The first kappa shape index (κ1) is 15.3. The van der Waals surface area contributed by atoms with E-state index < -0.39 is 31.1 Å². The van der Waals surface area contributed by atoms with E-state index in [1.807, 2.05) is 0 Å². The van der Waals surface area contributed by atoms with E-state index in [0.29, 0.717) is 6.42 Å². The molecule has 1 aliphatic rings. The summed E-state index contributed by atoms with van der Waals surface area (Å²) in [4.78, 5) is 13.8. The monoisotopic (exact) mass is 296 g/mol. The molecule has 1 heterocycles. The van der Waals surface area contributed by atoms with Gasteiger partial charge in [0, 0.05) is 12.8 Å². The second-order valence-electron chi connectivity index (χ2n) is 4.52. The minimum absolute atomic E-state index is 0.130. The van der Waals surface area contributed by atoms with Crippen molar-refractivity contribution in [1.82, 2.24) is 4.31 Å². The highest BCUT2D eigenvalue weighted by atomic mass is 32.3. The number of sulfonamides is 1. The SMILES string of the molecule is CC1CCCN(S(=O)(=O)CS(C)(=O)=O)C1N=C=O. The van der Waals surface area contributed by atoms with E-state index >= 15 is 0 Å². The number of carbonyl (C=O) groups excluding carboxylic acids is 1. The number of aliphatic imine (C=N–C) groups is 1. The van der Waals surface area contributed by atoms with Crippen LogP contribution in [0.25, 0.3) is 0 Å². The molecule has 2 unspecified atom stereocenters. The summed E-state index contributed by atoms with van der Waals surface area (Å²) in [5.74, 6) is -0.130. The van der Waals surface area contributed by atoms with Gasteiger partial charge in [0.1, 0.15) is 6.17 Å². The van der Waals surface area contributed by atoms with Crippen molar-refractivity contribution in [3.63, 3.8) is 0 Å². The number of sulfone groups is 1. The first-order valence-electron chi connectivity index (χ1n) is 5.41. The third-order valence-electron chi connectivity index (χ3n) is 2.75. The van der Waals surface area contributed by atoms with E-state index in [4.69, 9.17) is 0 Å². The summed E-state index contributed by atoms with van der Waals surface area (Å²) in [6, 6.07) is 0. The first-order valence-corrected chi connectivity index (χ1v) is 9.08. The quantitative estimate of drug-likeness (QED) is 0.524. The van der Waals surface area contributed by atoms with Gasteiger partial charge in [-0.3, -0.25) is 0 Å². The molecule has 2 atom stereocenters. The van der Waals surface area contributed by atoms with E-state index in [1.165, 1.54) is 6.08 Å². The average molecular weight is 296 g/mol. The van der Waals surface area contributed by atoms with Crippen molar-refractivity contribution in [2.24, 2.45) is 10.9 Å². The number of hydrogen-bond acceptors (Lipinski definition) is 6. The van der Waals surface area contributed by atoms with Crippen molar-refractivity contribution in [2.75, 3.05) is 17.9 Å². The molecule has 1 aliphatic heterocycles. The summed E-state index contributed by atoms with van der Waals surface area (Å²) < 4.78 is 47.2. The predicted molar refractivity (Wildman–Crippen MR) is 65.6 cm³/mol. The largest absolute Gasteiger partial charge is 0.236 e. The van der Waals surface area contributed by atoms with Crippen molar-refractivity contribution in [3.05, 3.63) is 0 Å². The fourth-order valence-electron chi connectivity index (χ4n) is 2.02. The smallest absolute Gasteiger partial charge is 0.228 e. The number of hydrogen-bond donors (Lipinski definition) is 0. The highest BCUT2D eigenvalue weighted by Crippen LogP contribution is 2.27. The second-order valence-corrected chi connectivity index (χ2v) is 8.95. The van der Waals surface area contributed by atoms with Crippen LogP contribution < -0.4 is 0 Å². The Kier molecular flexibility index (Phi) is 4.66. The van der Waals surface area contributed by atoms with E-state index in [2.05, 4.69) is 4.99 Å². The van der Waals surface area contributed by atoms with Crippen LogP contribution in [0.15, 0.2) is 4.99 Å². The van der Waals surface area contributed by atoms with Crippen LogP contribution >= 0.6 is 0 Å². The van der Waals surface area contributed by atoms with Gasteiger partial charge in [-0.1, -0.05) is 6.92 Å². The number of rotatable bonds is 4. The van der Waals surface area contributed by atoms with Gasteiger partial charge < -0.3 is 0 Å². The third kappa shape index (κ3) is 3.88. The van der Waals surface area contributed by atoms with E-state index in [-0.39, 0.29) is 12.5 Å². The van der Waals surface area contributed by atoms with Gasteiger partial charge in [0.25, 0.3) is 0 Å². The van der Waals surface area contributed by atoms with E-state index in [0.717, 1.165) is 17.0 Å². The summed E-state index contributed by atoms with van der Waals surface area (Å²) in [6.45, 7) is 1.95. The van der Waals surface area contributed by atoms with E-state index in [1.54, 1.807) is 6.92 Å². The lowest BCUT2D eigenvalue weighted by atomic mass is 9.98. The second kappa shape index (κ2) is 5.48. The van der Waals surface area contributed by atoms with E-state index in [9.17, 15) is 21.6 Å². The van der Waals surface area contributed by atoms with Gasteiger partial charge in [-0.15, -0.1) is 0 Å². The molecular weight excluding hydrogens is 280 g/mol. The van der Waals surface area contributed by atoms with Crippen LogP contribution in [0.4, 0.5) is 0 Å². The van der Waals surface area contributed by atoms with Gasteiger partial charge in [0.05, 0.1) is 0 Å². The fourth-order valence-corrected chi connectivity index (χ4v) is 5.72. The molecule has 0 aliphatic carbocycles. The van der Waals surface area contributed by atoms with Crippen LogP contribution in [0.5, 0.6) is 0 Å². The molecule has 0 aromatic rings. The molecule has 0 radical (unpaired) electrons. The normalized spacial score (nSPS) is 26.6. The molecule has 1 saturated heterocycles. The van der Waals surface area contributed by atoms with Gasteiger partial charge in [-0.2, -0.15) is 9.30 Å². The lowest BCUT2D eigenvalue weighted by molar-refractivity contribution is 0.194. The molecule has 0 aromatic carbocycles. The number of nitrogens with zero attached hydrogens (tertiary/aromatic N) is 2. The molecule has 7 nitrogen and oxygen atoms in total. The van der Waals surface area contributed by atoms with Crippen molar-refractivity contribution < 1.29 is 21.6 Å². The molecule has 0 aromatic heterocycles. The Morgan fingerprint density at radius 1 is 1.33 bits per heavy atom. The minimum Gasteiger partial charge on any atom is -0.228 e. The molecule has 1 rings (SSSR count). The zero-order chi connectivity index (χ0) is 14.0. The molecule has 0 bridgehead atoms. The molecule has 0 saturated carbocycles. The van der Waals surface area contributed by atoms with Crippen molar-refractivity contribution >= 4 is 25.9 Å². The zero-order valence-electron chi connectivity index (χ0n) is 10.2. The maximum Gasteiger partial charge on any atom is 0.236 e. The van der Waals surface area contributed by atoms with Gasteiger partial charge >= 0.3 is 0 Å². The van der Waals surface area contributed by atoms with Gasteiger partial charge in [0.15, 0.2) is 14.9 Å². The van der Waals surface area contributed by atoms with Crippen LogP contribution in [0.3, 0.4) is 0 Å². The Bertz CT molecular complexity index is 548. The molecule has 0 spiro atoms. The Morgan fingerprint density at radius 3 is 2.44 bits per heavy atom. The maximum atomic E-state index is 12.0. The minimum atomic E-state index is -3.97. The fraction of sp³-hybridized carbons (Fsp3) is 0.889. The van der Waals surface area contributed by atoms with Gasteiger partial charge in [-0.25, -0.2) is 21.6 Å². The van der Waals surface area contributed by atoms with Gasteiger partial charge in [0.2, 0.25) is 16.1 Å². The number of isocyanates is 1. The van der Waals surface area contributed by atoms with Crippen LogP contribution in [0, 0.1) is 5.92 Å². The predicted octanol–water partition coefficient (Wildman–Crippen LogP) is -0.288. The average Bonchev–Trinajstić information content (AvgIpc) is 2.17. The summed E-state index contributed by atoms with van der Waals surface area (Å²) >= 11 is 0. The van der Waals surface area contributed by atoms with Crippen LogP contribution in [-0.2, 0) is 24.7 Å². The maximum absolute atomic E-state index is 12.0. The Balaban J connectivity index is 3.08. The molecule has 0 N–H and O–H groups in total. The van der Waals surface area contributed by atoms with Crippen LogP contribution in [0.2, 0.25) is 0 Å². The van der Waals surface area contributed by atoms with Crippen molar-refractivity contribution in [3.8, 4) is 0 Å². The zero-order valence-corrected chi connectivity index (χ0v) is 11.9. The van der Waals surface area contributed by atoms with Crippen LogP contribution in [-0.4, -0.2) is 51.3 Å². The highest BCUT2D eigenvalue weighted by molar-refractivity contribution is 8.06. The Hall–Kier alpha value is -0.760. The van der Waals surface area contributed by atoms with Crippen molar-refractivity contribution in [1.29, 1.82) is 0 Å². The standard InChI is InChI=1S/C9H16N2O5S2/c1-8-4-3-5-11(9(8)10-6-12)18(15,16)7-17(2,13)14/h8-9H,3-5,7H2,1-2H3.